The van der Waals surface area contributed by atoms with Crippen LogP contribution in [0.3, 0.4) is 0 Å². The van der Waals surface area contributed by atoms with Crippen LogP contribution in [-0.4, -0.2) is 32.7 Å². The molecule has 1 rings (SSSR count). The van der Waals surface area contributed by atoms with Gasteiger partial charge in [-0.3, -0.25) is 4.79 Å². The van der Waals surface area contributed by atoms with E-state index < -0.39 is 11.9 Å². The Bertz CT molecular complexity index is 551. The van der Waals surface area contributed by atoms with Crippen molar-refractivity contribution in [3.8, 4) is 11.5 Å². The smallest absolute Gasteiger partial charge is 0.330 e. The topological polar surface area (TPSA) is 73.9 Å². The number of nitrogens with one attached hydrogen (secondary N) is 1. The molecule has 0 bridgehead atoms. The molecule has 0 aliphatic heterocycles. The van der Waals surface area contributed by atoms with Crippen LogP contribution in [-0.2, 0) is 14.3 Å². The molecule has 120 valence electrons. The van der Waals surface area contributed by atoms with Gasteiger partial charge in [0.05, 0.1) is 26.5 Å². The van der Waals surface area contributed by atoms with Gasteiger partial charge in [0.2, 0.25) is 5.91 Å². The SMILES string of the molecule is COc1ccc(OC)c(NC(=O)/C=C/C(=O)OCC(C)C)c1. The minimum atomic E-state index is -0.554. The monoisotopic (exact) mass is 307 g/mol. The Morgan fingerprint density at radius 1 is 1.18 bits per heavy atom. The van der Waals surface area contributed by atoms with Crippen LogP contribution in [0.2, 0.25) is 0 Å². The van der Waals surface area contributed by atoms with E-state index in [0.29, 0.717) is 23.8 Å². The fourth-order valence-electron chi connectivity index (χ4n) is 1.53. The maximum absolute atomic E-state index is 11.8. The van der Waals surface area contributed by atoms with Crippen molar-refractivity contribution in [3.05, 3.63) is 30.4 Å². The minimum absolute atomic E-state index is 0.243. The van der Waals surface area contributed by atoms with E-state index in [1.54, 1.807) is 18.2 Å². The van der Waals surface area contributed by atoms with Crippen LogP contribution in [0.25, 0.3) is 0 Å². The molecular formula is C16H21NO5. The molecule has 0 unspecified atom stereocenters. The predicted octanol–water partition coefficient (Wildman–Crippen LogP) is 2.40. The Labute approximate surface area is 130 Å². The third-order valence-corrected chi connectivity index (χ3v) is 2.59. The molecule has 0 atom stereocenters. The number of ether oxygens (including phenoxy) is 3. The molecule has 0 fully saturated rings. The molecule has 1 amide bonds. The lowest BCUT2D eigenvalue weighted by molar-refractivity contribution is -0.138. The van der Waals surface area contributed by atoms with Crippen LogP contribution in [0.1, 0.15) is 13.8 Å². The Morgan fingerprint density at radius 3 is 2.50 bits per heavy atom. The molecule has 0 aromatic heterocycles. The number of hydrogen-bond donors (Lipinski definition) is 1. The highest BCUT2D eigenvalue weighted by molar-refractivity contribution is 6.03. The number of carbonyl (C=O) groups excluding carboxylic acids is 2. The zero-order chi connectivity index (χ0) is 16.5. The number of anilines is 1. The van der Waals surface area contributed by atoms with Crippen LogP contribution < -0.4 is 14.8 Å². The fourth-order valence-corrected chi connectivity index (χ4v) is 1.53. The third-order valence-electron chi connectivity index (χ3n) is 2.59. The quantitative estimate of drug-likeness (QED) is 0.618. The standard InChI is InChI=1S/C16H21NO5/c1-11(2)10-22-16(19)8-7-15(18)17-13-9-12(20-3)5-6-14(13)21-4/h5-9,11H,10H2,1-4H3,(H,17,18)/b8-7+. The van der Waals surface area contributed by atoms with Crippen LogP contribution in [0, 0.1) is 5.92 Å². The van der Waals surface area contributed by atoms with Crippen LogP contribution in [0.4, 0.5) is 5.69 Å². The third kappa shape index (κ3) is 5.87. The fraction of sp³-hybridized carbons (Fsp3) is 0.375. The van der Waals surface area contributed by atoms with Gasteiger partial charge in [0.25, 0.3) is 0 Å². The van der Waals surface area contributed by atoms with Gasteiger partial charge in [-0.25, -0.2) is 4.79 Å². The Balaban J connectivity index is 2.66. The van der Waals surface area contributed by atoms with Gasteiger partial charge in [-0.2, -0.15) is 0 Å². The second-order valence-corrected chi connectivity index (χ2v) is 4.91. The highest BCUT2D eigenvalue weighted by Gasteiger charge is 2.08. The molecule has 0 aliphatic rings. The van der Waals surface area contributed by atoms with Gasteiger partial charge < -0.3 is 19.5 Å². The first kappa shape index (κ1) is 17.6. The first-order valence-electron chi connectivity index (χ1n) is 6.84. The van der Waals surface area contributed by atoms with Gasteiger partial charge in [0, 0.05) is 18.2 Å². The lowest BCUT2D eigenvalue weighted by Gasteiger charge is -2.10. The van der Waals surface area contributed by atoms with Crippen molar-refractivity contribution in [2.45, 2.75) is 13.8 Å². The van der Waals surface area contributed by atoms with Crippen LogP contribution >= 0.6 is 0 Å². The molecule has 6 nitrogen and oxygen atoms in total. The van der Waals surface area contributed by atoms with Crippen molar-refractivity contribution in [1.29, 1.82) is 0 Å². The number of esters is 1. The molecule has 0 heterocycles. The highest BCUT2D eigenvalue weighted by Crippen LogP contribution is 2.28. The molecule has 0 aliphatic carbocycles. The van der Waals surface area contributed by atoms with E-state index >= 15 is 0 Å². The largest absolute Gasteiger partial charge is 0.497 e. The lowest BCUT2D eigenvalue weighted by atomic mass is 10.2. The van der Waals surface area contributed by atoms with Crippen molar-refractivity contribution in [3.63, 3.8) is 0 Å². The minimum Gasteiger partial charge on any atom is -0.497 e. The molecular weight excluding hydrogens is 286 g/mol. The van der Waals surface area contributed by atoms with Gasteiger partial charge in [-0.1, -0.05) is 13.8 Å². The molecule has 1 N–H and O–H groups in total. The second-order valence-electron chi connectivity index (χ2n) is 4.91. The first-order chi connectivity index (χ1) is 10.5. The van der Waals surface area contributed by atoms with Crippen molar-refractivity contribution in [2.75, 3.05) is 26.1 Å². The molecule has 6 heteroatoms. The van der Waals surface area contributed by atoms with Gasteiger partial charge >= 0.3 is 5.97 Å². The highest BCUT2D eigenvalue weighted by atomic mass is 16.5. The molecule has 1 aromatic carbocycles. The van der Waals surface area contributed by atoms with Crippen molar-refractivity contribution in [1.82, 2.24) is 0 Å². The summed E-state index contributed by atoms with van der Waals surface area (Å²) in [6.45, 7) is 4.17. The summed E-state index contributed by atoms with van der Waals surface area (Å²) in [6, 6.07) is 5.02. The van der Waals surface area contributed by atoms with E-state index in [0.717, 1.165) is 12.2 Å². The zero-order valence-corrected chi connectivity index (χ0v) is 13.2. The molecule has 0 saturated heterocycles. The molecule has 0 radical (unpaired) electrons. The van der Waals surface area contributed by atoms with Crippen LogP contribution in [0.5, 0.6) is 11.5 Å². The summed E-state index contributed by atoms with van der Waals surface area (Å²) in [5, 5.41) is 2.62. The summed E-state index contributed by atoms with van der Waals surface area (Å²) in [5.41, 5.74) is 0.451. The van der Waals surface area contributed by atoms with E-state index in [4.69, 9.17) is 14.2 Å². The Hall–Kier alpha value is -2.50. The number of benzene rings is 1. The van der Waals surface area contributed by atoms with E-state index in [2.05, 4.69) is 5.32 Å². The van der Waals surface area contributed by atoms with E-state index in [1.807, 2.05) is 13.8 Å². The number of methoxy groups -OCH3 is 2. The summed E-state index contributed by atoms with van der Waals surface area (Å²) in [4.78, 5) is 23.2. The van der Waals surface area contributed by atoms with Crippen molar-refractivity contribution in [2.24, 2.45) is 5.92 Å². The second kappa shape index (κ2) is 8.71. The lowest BCUT2D eigenvalue weighted by Crippen LogP contribution is -2.11. The molecule has 1 aromatic rings. The molecule has 22 heavy (non-hydrogen) atoms. The first-order valence-corrected chi connectivity index (χ1v) is 6.84. The van der Waals surface area contributed by atoms with Gasteiger partial charge in [0.15, 0.2) is 0 Å². The Kier molecular flexibility index (Phi) is 6.95. The zero-order valence-electron chi connectivity index (χ0n) is 13.2. The average Bonchev–Trinajstić information content (AvgIpc) is 2.50. The van der Waals surface area contributed by atoms with Gasteiger partial charge in [0.1, 0.15) is 11.5 Å². The Morgan fingerprint density at radius 2 is 1.91 bits per heavy atom. The van der Waals surface area contributed by atoms with E-state index in [9.17, 15) is 9.59 Å². The van der Waals surface area contributed by atoms with Crippen LogP contribution in [0.15, 0.2) is 30.4 Å². The normalized spacial score (nSPS) is 10.6. The van der Waals surface area contributed by atoms with Crippen molar-refractivity contribution >= 4 is 17.6 Å². The average molecular weight is 307 g/mol. The molecule has 0 saturated carbocycles. The summed E-state index contributed by atoms with van der Waals surface area (Å²) >= 11 is 0. The van der Waals surface area contributed by atoms with Gasteiger partial charge in [-0.15, -0.1) is 0 Å². The molecule has 0 spiro atoms. The summed E-state index contributed by atoms with van der Waals surface area (Å²) in [6.07, 6.45) is 2.20. The number of rotatable bonds is 7. The van der Waals surface area contributed by atoms with E-state index in [-0.39, 0.29) is 5.92 Å². The summed E-state index contributed by atoms with van der Waals surface area (Å²) < 4.78 is 15.2. The summed E-state index contributed by atoms with van der Waals surface area (Å²) in [7, 11) is 3.02. The number of amides is 1. The number of hydrogen-bond acceptors (Lipinski definition) is 5. The van der Waals surface area contributed by atoms with Crippen molar-refractivity contribution < 1.29 is 23.8 Å². The number of carbonyl (C=O) groups is 2. The van der Waals surface area contributed by atoms with Gasteiger partial charge in [-0.05, 0) is 18.1 Å². The summed E-state index contributed by atoms with van der Waals surface area (Å²) in [5.74, 6) is 0.295. The maximum atomic E-state index is 11.8. The van der Waals surface area contributed by atoms with E-state index in [1.165, 1.54) is 14.2 Å². The maximum Gasteiger partial charge on any atom is 0.330 e. The predicted molar refractivity (Wildman–Crippen MR) is 83.1 cm³/mol.